The molecule has 1 fully saturated rings. The van der Waals surface area contributed by atoms with Crippen LogP contribution in [0.3, 0.4) is 0 Å². The fourth-order valence-corrected chi connectivity index (χ4v) is 4.76. The van der Waals surface area contributed by atoms with Crippen LogP contribution in [0.5, 0.6) is 5.75 Å². The zero-order valence-electron chi connectivity index (χ0n) is 17.5. The van der Waals surface area contributed by atoms with E-state index in [1.54, 1.807) is 19.1 Å². The molecule has 32 heavy (non-hydrogen) atoms. The second-order valence-electron chi connectivity index (χ2n) is 7.24. The number of aliphatic hydroxyl groups is 2. The van der Waals surface area contributed by atoms with Gasteiger partial charge in [0, 0.05) is 36.0 Å². The first-order valence-corrected chi connectivity index (χ1v) is 11.5. The Kier molecular flexibility index (Phi) is 9.33. The molecule has 178 valence electrons. The van der Waals surface area contributed by atoms with E-state index in [2.05, 4.69) is 0 Å². The number of halogens is 2. The van der Waals surface area contributed by atoms with Crippen molar-refractivity contribution in [2.45, 2.75) is 42.5 Å². The third kappa shape index (κ3) is 6.00. The highest BCUT2D eigenvalue weighted by atomic mass is 35.5. The van der Waals surface area contributed by atoms with Gasteiger partial charge in [0.15, 0.2) is 17.3 Å². The van der Waals surface area contributed by atoms with E-state index in [4.69, 9.17) is 35.1 Å². The third-order valence-electron chi connectivity index (χ3n) is 5.09. The van der Waals surface area contributed by atoms with Crippen molar-refractivity contribution in [3.8, 4) is 5.75 Å². The second kappa shape index (κ2) is 11.8. The number of ketones is 1. The summed E-state index contributed by atoms with van der Waals surface area (Å²) >= 11 is 6.75. The number of thioether (sulfide) groups is 1. The summed E-state index contributed by atoms with van der Waals surface area (Å²) in [5, 5.41) is 19.1. The van der Waals surface area contributed by atoms with Crippen LogP contribution in [-0.4, -0.2) is 72.5 Å². The largest absolute Gasteiger partial charge is 0.394 e. The highest BCUT2D eigenvalue weighted by Gasteiger charge is 2.48. The van der Waals surface area contributed by atoms with Crippen molar-refractivity contribution < 1.29 is 42.6 Å². The molecule has 0 aliphatic carbocycles. The second-order valence-corrected chi connectivity index (χ2v) is 8.45. The first-order chi connectivity index (χ1) is 15.4. The number of benzene rings is 1. The Labute approximate surface area is 194 Å². The topological polar surface area (TPSA) is 104 Å². The van der Waals surface area contributed by atoms with Crippen molar-refractivity contribution >= 4 is 29.4 Å². The van der Waals surface area contributed by atoms with E-state index >= 15 is 0 Å². The summed E-state index contributed by atoms with van der Waals surface area (Å²) in [5.74, 6) is -1.61. The molecule has 1 spiro atoms. The molecule has 11 heteroatoms. The Morgan fingerprint density at radius 2 is 2.03 bits per heavy atom. The van der Waals surface area contributed by atoms with Gasteiger partial charge >= 0.3 is 0 Å². The van der Waals surface area contributed by atoms with Gasteiger partial charge in [0.25, 0.3) is 0 Å². The molecule has 0 saturated carbocycles. The predicted molar refractivity (Wildman–Crippen MR) is 115 cm³/mol. The first-order valence-electron chi connectivity index (χ1n) is 10.2. The molecule has 1 saturated heterocycles. The molecule has 2 heterocycles. The van der Waals surface area contributed by atoms with Crippen LogP contribution in [0.25, 0.3) is 0 Å². The highest BCUT2D eigenvalue weighted by Crippen LogP contribution is 2.39. The van der Waals surface area contributed by atoms with Gasteiger partial charge in [-0.05, 0) is 19.1 Å². The van der Waals surface area contributed by atoms with Gasteiger partial charge in [-0.15, -0.1) is 11.8 Å². The molecular weight excluding hydrogens is 467 g/mol. The van der Waals surface area contributed by atoms with Crippen molar-refractivity contribution in [2.75, 3.05) is 33.0 Å². The monoisotopic (exact) mass is 492 g/mol. The summed E-state index contributed by atoms with van der Waals surface area (Å²) in [4.78, 5) is 12.9. The maximum atomic E-state index is 13.5. The molecule has 2 aliphatic heterocycles. The average Bonchev–Trinajstić information content (AvgIpc) is 3.06. The summed E-state index contributed by atoms with van der Waals surface area (Å²) in [7, 11) is 0. The molecular formula is C21H26ClFO8S. The Morgan fingerprint density at radius 1 is 1.31 bits per heavy atom. The Balaban J connectivity index is 1.85. The summed E-state index contributed by atoms with van der Waals surface area (Å²) < 4.78 is 41.2. The molecule has 0 aromatic heterocycles. The van der Waals surface area contributed by atoms with Crippen molar-refractivity contribution in [3.05, 3.63) is 41.2 Å². The van der Waals surface area contributed by atoms with E-state index in [-0.39, 0.29) is 50.0 Å². The van der Waals surface area contributed by atoms with Gasteiger partial charge < -0.3 is 33.4 Å². The van der Waals surface area contributed by atoms with Crippen LogP contribution in [-0.2, 0) is 29.5 Å². The van der Waals surface area contributed by atoms with E-state index in [0.717, 1.165) is 0 Å². The fraction of sp³-hybridized carbons (Fsp3) is 0.571. The summed E-state index contributed by atoms with van der Waals surface area (Å²) in [6.45, 7) is 1.50. The van der Waals surface area contributed by atoms with E-state index in [1.807, 2.05) is 0 Å². The number of ether oxygens (including phenoxy) is 4. The Hall–Kier alpha value is -1.24. The molecule has 2 aliphatic rings. The van der Waals surface area contributed by atoms with E-state index in [0.29, 0.717) is 17.9 Å². The Morgan fingerprint density at radius 3 is 2.66 bits per heavy atom. The van der Waals surface area contributed by atoms with Gasteiger partial charge in [0.2, 0.25) is 0 Å². The maximum Gasteiger partial charge on any atom is 0.191 e. The minimum atomic E-state index is -1.31. The number of Topliss-reactive ketones (excluding diaryl/α,β-unsaturated/α-hetero) is 1. The van der Waals surface area contributed by atoms with Gasteiger partial charge in [-0.25, -0.2) is 4.39 Å². The molecule has 2 N–H and O–H groups in total. The zero-order chi connectivity index (χ0) is 23.1. The molecule has 4 atom stereocenters. The number of carbonyl (C=O) groups is 1. The standard InChI is InChI=1S/C21H26ClFO8S/c1-2-27-11-16(26)15-8-21(29-18(9-24)19(10-25)30-21)5-6-28-20(15)32-12-13-3-4-14(23)7-17(13)31-22/h3-4,7-8,18-20,24-25H,2,5-6,9-12H2,1H3/t18-,19?,20?,21?/m1/s1. The minimum absolute atomic E-state index is 0.154. The molecule has 1 aromatic rings. The van der Waals surface area contributed by atoms with Crippen molar-refractivity contribution in [2.24, 2.45) is 0 Å². The van der Waals surface area contributed by atoms with Crippen LogP contribution in [0.4, 0.5) is 4.39 Å². The van der Waals surface area contributed by atoms with E-state index in [1.165, 1.54) is 23.9 Å². The summed E-state index contributed by atoms with van der Waals surface area (Å²) in [5.41, 5.74) is 0.217. The lowest BCUT2D eigenvalue weighted by molar-refractivity contribution is -0.152. The van der Waals surface area contributed by atoms with Gasteiger partial charge in [0.05, 0.1) is 19.8 Å². The normalized spacial score (nSPS) is 27.9. The van der Waals surface area contributed by atoms with E-state index in [9.17, 15) is 19.4 Å². The van der Waals surface area contributed by atoms with Crippen molar-refractivity contribution in [1.29, 1.82) is 0 Å². The molecule has 3 rings (SSSR count). The number of rotatable bonds is 10. The lowest BCUT2D eigenvalue weighted by Gasteiger charge is -2.23. The van der Waals surface area contributed by atoms with Crippen LogP contribution in [0.2, 0.25) is 0 Å². The number of hydrogen-bond donors (Lipinski definition) is 2. The van der Waals surface area contributed by atoms with Crippen LogP contribution < -0.4 is 4.29 Å². The van der Waals surface area contributed by atoms with Crippen LogP contribution in [0.15, 0.2) is 29.8 Å². The highest BCUT2D eigenvalue weighted by molar-refractivity contribution is 7.99. The van der Waals surface area contributed by atoms with Crippen LogP contribution >= 0.6 is 23.6 Å². The Bertz CT molecular complexity index is 811. The van der Waals surface area contributed by atoms with Crippen molar-refractivity contribution in [3.63, 3.8) is 0 Å². The minimum Gasteiger partial charge on any atom is -0.394 e. The lowest BCUT2D eigenvalue weighted by Crippen LogP contribution is -2.31. The smallest absolute Gasteiger partial charge is 0.191 e. The molecule has 8 nitrogen and oxygen atoms in total. The summed E-state index contributed by atoms with van der Waals surface area (Å²) in [6.07, 6.45) is 0.355. The molecule has 0 radical (unpaired) electrons. The molecule has 3 unspecified atom stereocenters. The number of aliphatic hydroxyl groups excluding tert-OH is 2. The number of carbonyl (C=O) groups excluding carboxylic acids is 1. The van der Waals surface area contributed by atoms with Gasteiger partial charge in [0.1, 0.15) is 41.9 Å². The SMILES string of the molecule is CCOCC(=O)C1=CC2(CCOC1SCc1ccc(F)cc1OCl)OC(CO)[C@@H](CO)O2. The molecule has 0 bridgehead atoms. The third-order valence-corrected chi connectivity index (χ3v) is 6.42. The van der Waals surface area contributed by atoms with E-state index < -0.39 is 29.2 Å². The fourth-order valence-electron chi connectivity index (χ4n) is 3.48. The number of hydrogen-bond acceptors (Lipinski definition) is 9. The first kappa shape index (κ1) is 25.4. The quantitative estimate of drug-likeness (QED) is 0.509. The maximum absolute atomic E-state index is 13.5. The molecule has 1 aromatic carbocycles. The zero-order valence-corrected chi connectivity index (χ0v) is 19.1. The van der Waals surface area contributed by atoms with Gasteiger partial charge in [-0.1, -0.05) is 6.07 Å². The lowest BCUT2D eigenvalue weighted by atomic mass is 10.1. The van der Waals surface area contributed by atoms with Crippen LogP contribution in [0, 0.1) is 5.82 Å². The average molecular weight is 493 g/mol. The van der Waals surface area contributed by atoms with Gasteiger partial charge in [-0.3, -0.25) is 4.79 Å². The predicted octanol–water partition coefficient (Wildman–Crippen LogP) is 2.33. The van der Waals surface area contributed by atoms with Gasteiger partial charge in [-0.2, -0.15) is 0 Å². The molecule has 0 amide bonds. The summed E-state index contributed by atoms with van der Waals surface area (Å²) in [6, 6.07) is 4.01. The van der Waals surface area contributed by atoms with Crippen LogP contribution in [0.1, 0.15) is 18.9 Å². The van der Waals surface area contributed by atoms with Crippen molar-refractivity contribution in [1.82, 2.24) is 0 Å².